The number of nitrogens with zero attached hydrogens (tertiary/aromatic N) is 2. The van der Waals surface area contributed by atoms with Crippen LogP contribution in [-0.4, -0.2) is 30.1 Å². The molecule has 1 atom stereocenters. The largest absolute Gasteiger partial charge is 0.359 e. The maximum atomic E-state index is 11.2. The van der Waals surface area contributed by atoms with Crippen LogP contribution in [0.4, 0.5) is 5.82 Å². The van der Waals surface area contributed by atoms with Crippen molar-refractivity contribution in [2.75, 3.05) is 25.0 Å². The van der Waals surface area contributed by atoms with E-state index in [0.717, 1.165) is 6.54 Å². The van der Waals surface area contributed by atoms with E-state index in [1.165, 1.54) is 6.07 Å². The van der Waals surface area contributed by atoms with Crippen LogP contribution in [0.2, 0.25) is 0 Å². The van der Waals surface area contributed by atoms with Gasteiger partial charge in [-0.3, -0.25) is 4.79 Å². The van der Waals surface area contributed by atoms with Crippen molar-refractivity contribution in [3.8, 4) is 0 Å². The highest BCUT2D eigenvalue weighted by Crippen LogP contribution is 2.07. The molecule has 1 aromatic heterocycles. The van der Waals surface area contributed by atoms with Crippen LogP contribution in [-0.2, 0) is 0 Å². The molecule has 0 aliphatic carbocycles. The first-order valence-electron chi connectivity index (χ1n) is 5.02. The molecule has 0 fully saturated rings. The van der Waals surface area contributed by atoms with Crippen LogP contribution in [0, 0.1) is 12.8 Å². The van der Waals surface area contributed by atoms with Crippen LogP contribution in [0.15, 0.2) is 10.9 Å². The molecular weight excluding hydrogens is 192 g/mol. The molecule has 1 heterocycles. The lowest BCUT2D eigenvalue weighted by Gasteiger charge is -2.21. The number of aromatic nitrogens is 2. The maximum absolute atomic E-state index is 11.2. The normalized spacial score (nSPS) is 12.5. The molecule has 0 bridgehead atoms. The van der Waals surface area contributed by atoms with Gasteiger partial charge in [0.25, 0.3) is 5.56 Å². The quantitative estimate of drug-likeness (QED) is 0.739. The van der Waals surface area contributed by atoms with Crippen molar-refractivity contribution < 1.29 is 0 Å². The van der Waals surface area contributed by atoms with E-state index in [2.05, 4.69) is 16.9 Å². The molecular formula is C10H18N4O. The molecule has 0 aliphatic rings. The minimum atomic E-state index is -0.121. The Kier molecular flexibility index (Phi) is 3.85. The van der Waals surface area contributed by atoms with E-state index in [1.54, 1.807) is 6.92 Å². The molecule has 5 nitrogen and oxygen atoms in total. The number of aryl methyl sites for hydroxylation is 1. The molecule has 15 heavy (non-hydrogen) atoms. The molecule has 0 aliphatic heterocycles. The molecule has 84 valence electrons. The fraction of sp³-hybridized carbons (Fsp3) is 0.600. The van der Waals surface area contributed by atoms with Crippen molar-refractivity contribution in [2.24, 2.45) is 11.7 Å². The Hall–Kier alpha value is -1.36. The zero-order chi connectivity index (χ0) is 11.4. The van der Waals surface area contributed by atoms with Gasteiger partial charge in [-0.1, -0.05) is 6.92 Å². The second kappa shape index (κ2) is 4.93. The SMILES string of the molecule is Cc1nc(N(C)CC(C)CN)cc(=O)[nH]1. The summed E-state index contributed by atoms with van der Waals surface area (Å²) in [6.07, 6.45) is 0. The summed E-state index contributed by atoms with van der Waals surface area (Å²) in [6, 6.07) is 1.50. The lowest BCUT2D eigenvalue weighted by molar-refractivity contribution is 0.586. The molecule has 1 rings (SSSR count). The fourth-order valence-electron chi connectivity index (χ4n) is 1.39. The average Bonchev–Trinajstić information content (AvgIpc) is 2.16. The van der Waals surface area contributed by atoms with E-state index in [9.17, 15) is 4.79 Å². The summed E-state index contributed by atoms with van der Waals surface area (Å²) in [4.78, 5) is 20.0. The first-order chi connectivity index (χ1) is 7.02. The third-order valence-electron chi connectivity index (χ3n) is 2.23. The number of rotatable bonds is 4. The summed E-state index contributed by atoms with van der Waals surface area (Å²) in [5.41, 5.74) is 5.42. The standard InChI is InChI=1S/C10H18N4O/c1-7(5-11)6-14(3)9-4-10(15)13-8(2)12-9/h4,7H,5-6,11H2,1-3H3,(H,12,13,15). The number of nitrogens with one attached hydrogen (secondary N) is 1. The van der Waals surface area contributed by atoms with Gasteiger partial charge in [-0.2, -0.15) is 0 Å². The molecule has 1 unspecified atom stereocenters. The minimum absolute atomic E-state index is 0.121. The molecule has 0 amide bonds. The third-order valence-corrected chi connectivity index (χ3v) is 2.23. The zero-order valence-electron chi connectivity index (χ0n) is 9.45. The summed E-state index contributed by atoms with van der Waals surface area (Å²) in [7, 11) is 1.91. The summed E-state index contributed by atoms with van der Waals surface area (Å²) >= 11 is 0. The van der Waals surface area contributed by atoms with Crippen molar-refractivity contribution in [2.45, 2.75) is 13.8 Å². The average molecular weight is 210 g/mol. The van der Waals surface area contributed by atoms with Gasteiger partial charge >= 0.3 is 0 Å². The highest BCUT2D eigenvalue weighted by molar-refractivity contribution is 5.36. The van der Waals surface area contributed by atoms with Gasteiger partial charge in [0.15, 0.2) is 0 Å². The smallest absolute Gasteiger partial charge is 0.252 e. The van der Waals surface area contributed by atoms with Gasteiger partial charge < -0.3 is 15.6 Å². The van der Waals surface area contributed by atoms with Gasteiger partial charge in [0.2, 0.25) is 0 Å². The van der Waals surface area contributed by atoms with Crippen molar-refractivity contribution in [3.05, 3.63) is 22.2 Å². The number of nitrogens with two attached hydrogens (primary N) is 1. The molecule has 0 spiro atoms. The number of anilines is 1. The van der Waals surface area contributed by atoms with E-state index in [1.807, 2.05) is 11.9 Å². The van der Waals surface area contributed by atoms with E-state index < -0.39 is 0 Å². The Morgan fingerprint density at radius 2 is 2.33 bits per heavy atom. The Balaban J connectivity index is 2.81. The number of hydrogen-bond donors (Lipinski definition) is 2. The molecule has 1 aromatic rings. The topological polar surface area (TPSA) is 75.0 Å². The van der Waals surface area contributed by atoms with Gasteiger partial charge in [0.05, 0.1) is 0 Å². The van der Waals surface area contributed by atoms with Crippen LogP contribution in [0.3, 0.4) is 0 Å². The monoisotopic (exact) mass is 210 g/mol. The van der Waals surface area contributed by atoms with Crippen molar-refractivity contribution in [1.82, 2.24) is 9.97 Å². The fourth-order valence-corrected chi connectivity index (χ4v) is 1.39. The maximum Gasteiger partial charge on any atom is 0.252 e. The predicted octanol–water partition coefficient (Wildman–Crippen LogP) is 0.109. The Morgan fingerprint density at radius 1 is 1.67 bits per heavy atom. The molecule has 0 saturated heterocycles. The van der Waals surface area contributed by atoms with E-state index in [4.69, 9.17) is 5.73 Å². The van der Waals surface area contributed by atoms with Gasteiger partial charge in [0, 0.05) is 19.7 Å². The van der Waals surface area contributed by atoms with Crippen LogP contribution >= 0.6 is 0 Å². The lowest BCUT2D eigenvalue weighted by atomic mass is 10.2. The molecule has 0 aromatic carbocycles. The van der Waals surface area contributed by atoms with Crippen LogP contribution in [0.5, 0.6) is 0 Å². The van der Waals surface area contributed by atoms with E-state index in [-0.39, 0.29) is 5.56 Å². The minimum Gasteiger partial charge on any atom is -0.359 e. The first kappa shape index (κ1) is 11.7. The molecule has 0 saturated carbocycles. The van der Waals surface area contributed by atoms with Crippen LogP contribution < -0.4 is 16.2 Å². The van der Waals surface area contributed by atoms with Crippen molar-refractivity contribution >= 4 is 5.82 Å². The Labute approximate surface area is 89.3 Å². The summed E-state index contributed by atoms with van der Waals surface area (Å²) in [6.45, 7) is 5.26. The van der Waals surface area contributed by atoms with Crippen molar-refractivity contribution in [3.63, 3.8) is 0 Å². The van der Waals surface area contributed by atoms with Gasteiger partial charge in [-0.25, -0.2) is 4.98 Å². The first-order valence-corrected chi connectivity index (χ1v) is 5.02. The number of hydrogen-bond acceptors (Lipinski definition) is 4. The Morgan fingerprint density at radius 3 is 2.87 bits per heavy atom. The highest BCUT2D eigenvalue weighted by Gasteiger charge is 2.07. The second-order valence-corrected chi connectivity index (χ2v) is 3.91. The van der Waals surface area contributed by atoms with E-state index in [0.29, 0.717) is 24.1 Å². The van der Waals surface area contributed by atoms with Gasteiger partial charge in [-0.15, -0.1) is 0 Å². The molecule has 0 radical (unpaired) electrons. The summed E-state index contributed by atoms with van der Waals surface area (Å²) < 4.78 is 0. The Bertz CT molecular complexity index is 374. The van der Waals surface area contributed by atoms with Gasteiger partial charge in [-0.05, 0) is 19.4 Å². The lowest BCUT2D eigenvalue weighted by Crippen LogP contribution is -2.30. The van der Waals surface area contributed by atoms with Gasteiger partial charge in [0.1, 0.15) is 11.6 Å². The number of aromatic amines is 1. The van der Waals surface area contributed by atoms with Crippen molar-refractivity contribution in [1.29, 1.82) is 0 Å². The molecule has 3 N–H and O–H groups in total. The van der Waals surface area contributed by atoms with E-state index >= 15 is 0 Å². The zero-order valence-corrected chi connectivity index (χ0v) is 9.45. The highest BCUT2D eigenvalue weighted by atomic mass is 16.1. The second-order valence-electron chi connectivity index (χ2n) is 3.91. The molecule has 5 heteroatoms. The number of H-pyrrole nitrogens is 1. The third kappa shape index (κ3) is 3.36. The summed E-state index contributed by atoms with van der Waals surface area (Å²) in [5.74, 6) is 1.71. The predicted molar refractivity (Wildman–Crippen MR) is 61.1 cm³/mol. The van der Waals surface area contributed by atoms with Crippen LogP contribution in [0.25, 0.3) is 0 Å². The van der Waals surface area contributed by atoms with Crippen LogP contribution in [0.1, 0.15) is 12.7 Å². The summed E-state index contributed by atoms with van der Waals surface area (Å²) in [5, 5.41) is 0.